The first-order valence-electron chi connectivity index (χ1n) is 10.5. The molecule has 4 rings (SSSR count). The van der Waals surface area contributed by atoms with Gasteiger partial charge in [-0.05, 0) is 30.3 Å². The smallest absolute Gasteiger partial charge is 0.151 e. The highest BCUT2D eigenvalue weighted by molar-refractivity contribution is 5.45. The number of aromatic nitrogens is 2. The van der Waals surface area contributed by atoms with Gasteiger partial charge in [0, 0.05) is 71.0 Å². The van der Waals surface area contributed by atoms with Gasteiger partial charge in [0.2, 0.25) is 0 Å². The molecule has 9 heteroatoms. The third-order valence-electron chi connectivity index (χ3n) is 5.85. The van der Waals surface area contributed by atoms with Crippen molar-refractivity contribution in [1.82, 2.24) is 20.0 Å². The third kappa shape index (κ3) is 5.03. The van der Waals surface area contributed by atoms with Gasteiger partial charge in [-0.25, -0.2) is 8.78 Å². The van der Waals surface area contributed by atoms with Crippen molar-refractivity contribution in [1.29, 1.82) is 0 Å². The van der Waals surface area contributed by atoms with Crippen LogP contribution < -0.4 is 9.80 Å². The lowest BCUT2D eigenvalue weighted by Gasteiger charge is -2.36. The maximum atomic E-state index is 13.9. The molecule has 2 saturated heterocycles. The lowest BCUT2D eigenvalue weighted by Crippen LogP contribution is -2.47. The van der Waals surface area contributed by atoms with Crippen LogP contribution in [0.25, 0.3) is 0 Å². The zero-order valence-electron chi connectivity index (χ0n) is 17.1. The second-order valence-corrected chi connectivity index (χ2v) is 7.80. The molecular formula is C21H28F2N6O. The molecular weight excluding hydrogens is 390 g/mol. The number of anilines is 2. The highest BCUT2D eigenvalue weighted by Crippen LogP contribution is 2.19. The van der Waals surface area contributed by atoms with E-state index in [-0.39, 0.29) is 12.4 Å². The molecule has 0 atom stereocenters. The van der Waals surface area contributed by atoms with Crippen LogP contribution >= 0.6 is 0 Å². The molecule has 2 fully saturated rings. The third-order valence-corrected chi connectivity index (χ3v) is 5.85. The standard InChI is InChI=1S/C21H28F2N6O/c22-18-1-2-19(23)17(15-18)16-27-7-11-29(12-8-27)21-4-3-20(24-25-21)28-9-5-26(6-10-28)13-14-30/h1-4,15,30H,5-14,16H2. The molecule has 162 valence electrons. The summed E-state index contributed by atoms with van der Waals surface area (Å²) in [6.07, 6.45) is 0. The minimum absolute atomic E-state index is 0.193. The van der Waals surface area contributed by atoms with Crippen LogP contribution in [-0.4, -0.2) is 90.6 Å². The molecule has 0 bridgehead atoms. The monoisotopic (exact) mass is 418 g/mol. The summed E-state index contributed by atoms with van der Waals surface area (Å²) in [5.74, 6) is 0.949. The number of β-amino-alcohol motifs (C(OH)–C–C–N with tert-alkyl or cyclic N) is 1. The summed E-state index contributed by atoms with van der Waals surface area (Å²) in [6.45, 7) is 7.95. The molecule has 2 aliphatic rings. The molecule has 0 unspecified atom stereocenters. The molecule has 0 amide bonds. The summed E-state index contributed by atoms with van der Waals surface area (Å²) < 4.78 is 27.3. The maximum absolute atomic E-state index is 13.9. The van der Waals surface area contributed by atoms with E-state index in [2.05, 4.69) is 29.8 Å². The molecule has 0 aliphatic carbocycles. The summed E-state index contributed by atoms with van der Waals surface area (Å²) >= 11 is 0. The molecule has 0 radical (unpaired) electrons. The van der Waals surface area contributed by atoms with Gasteiger partial charge in [0.15, 0.2) is 11.6 Å². The average molecular weight is 418 g/mol. The number of aliphatic hydroxyl groups excluding tert-OH is 1. The molecule has 2 aliphatic heterocycles. The summed E-state index contributed by atoms with van der Waals surface area (Å²) in [5.41, 5.74) is 0.395. The van der Waals surface area contributed by atoms with E-state index in [0.29, 0.717) is 12.1 Å². The van der Waals surface area contributed by atoms with Crippen molar-refractivity contribution in [3.8, 4) is 0 Å². The van der Waals surface area contributed by atoms with Crippen molar-refractivity contribution in [3.63, 3.8) is 0 Å². The summed E-state index contributed by atoms with van der Waals surface area (Å²) in [5, 5.41) is 17.9. The number of piperazine rings is 2. The Balaban J connectivity index is 1.28. The Morgan fingerprint density at radius 1 is 0.767 bits per heavy atom. The molecule has 0 spiro atoms. The van der Waals surface area contributed by atoms with Crippen LogP contribution in [0.3, 0.4) is 0 Å². The molecule has 1 aromatic heterocycles. The van der Waals surface area contributed by atoms with E-state index in [4.69, 9.17) is 5.11 Å². The van der Waals surface area contributed by atoms with Crippen LogP contribution in [0.4, 0.5) is 20.4 Å². The van der Waals surface area contributed by atoms with E-state index < -0.39 is 5.82 Å². The molecule has 7 nitrogen and oxygen atoms in total. The number of hydrogen-bond acceptors (Lipinski definition) is 7. The largest absolute Gasteiger partial charge is 0.395 e. The van der Waals surface area contributed by atoms with Crippen molar-refractivity contribution in [3.05, 3.63) is 47.5 Å². The van der Waals surface area contributed by atoms with Gasteiger partial charge < -0.3 is 14.9 Å². The van der Waals surface area contributed by atoms with Crippen molar-refractivity contribution in [2.75, 3.05) is 75.3 Å². The fourth-order valence-corrected chi connectivity index (χ4v) is 4.04. The number of benzene rings is 1. The topological polar surface area (TPSA) is 59.0 Å². The van der Waals surface area contributed by atoms with Crippen LogP contribution in [0, 0.1) is 11.6 Å². The van der Waals surface area contributed by atoms with E-state index in [9.17, 15) is 8.78 Å². The van der Waals surface area contributed by atoms with Crippen molar-refractivity contribution in [2.45, 2.75) is 6.54 Å². The van der Waals surface area contributed by atoms with Gasteiger partial charge in [-0.1, -0.05) is 0 Å². The van der Waals surface area contributed by atoms with Gasteiger partial charge in [-0.3, -0.25) is 9.80 Å². The van der Waals surface area contributed by atoms with E-state index in [1.54, 1.807) is 0 Å². The van der Waals surface area contributed by atoms with Crippen LogP contribution in [0.1, 0.15) is 5.56 Å². The second-order valence-electron chi connectivity index (χ2n) is 7.80. The molecule has 2 aromatic rings. The Kier molecular flexibility index (Phi) is 6.71. The zero-order valence-corrected chi connectivity index (χ0v) is 17.1. The molecule has 0 saturated carbocycles. The first-order valence-corrected chi connectivity index (χ1v) is 10.5. The zero-order chi connectivity index (χ0) is 20.9. The van der Waals surface area contributed by atoms with E-state index in [1.807, 2.05) is 12.1 Å². The number of hydrogen-bond donors (Lipinski definition) is 1. The van der Waals surface area contributed by atoms with Gasteiger partial charge in [0.25, 0.3) is 0 Å². The first kappa shape index (κ1) is 20.9. The predicted octanol–water partition coefficient (Wildman–Crippen LogP) is 1.19. The SMILES string of the molecule is OCCN1CCN(c2ccc(N3CCN(Cc4cc(F)ccc4F)CC3)nn2)CC1. The van der Waals surface area contributed by atoms with Crippen LogP contribution in [-0.2, 0) is 6.54 Å². The Morgan fingerprint density at radius 2 is 1.33 bits per heavy atom. The average Bonchev–Trinajstić information content (AvgIpc) is 2.78. The first-order chi connectivity index (χ1) is 14.6. The lowest BCUT2D eigenvalue weighted by atomic mass is 10.1. The summed E-state index contributed by atoms with van der Waals surface area (Å²) in [4.78, 5) is 8.76. The van der Waals surface area contributed by atoms with Gasteiger partial charge in [0.1, 0.15) is 11.6 Å². The highest BCUT2D eigenvalue weighted by atomic mass is 19.1. The minimum atomic E-state index is -0.407. The van der Waals surface area contributed by atoms with E-state index in [1.165, 1.54) is 12.1 Å². The Morgan fingerprint density at radius 3 is 1.87 bits per heavy atom. The van der Waals surface area contributed by atoms with Crippen molar-refractivity contribution >= 4 is 11.6 Å². The number of nitrogens with zero attached hydrogens (tertiary/aromatic N) is 6. The van der Waals surface area contributed by atoms with Crippen molar-refractivity contribution < 1.29 is 13.9 Å². The van der Waals surface area contributed by atoms with E-state index >= 15 is 0 Å². The van der Waals surface area contributed by atoms with Crippen LogP contribution in [0.2, 0.25) is 0 Å². The van der Waals surface area contributed by atoms with Crippen molar-refractivity contribution in [2.24, 2.45) is 0 Å². The minimum Gasteiger partial charge on any atom is -0.395 e. The Hall–Kier alpha value is -2.36. The molecule has 1 aromatic carbocycles. The fourth-order valence-electron chi connectivity index (χ4n) is 4.04. The normalized spacial score (nSPS) is 18.8. The summed E-state index contributed by atoms with van der Waals surface area (Å²) in [7, 11) is 0. The summed E-state index contributed by atoms with van der Waals surface area (Å²) in [6, 6.07) is 7.62. The van der Waals surface area contributed by atoms with E-state index in [0.717, 1.165) is 76.6 Å². The van der Waals surface area contributed by atoms with Gasteiger partial charge in [-0.2, -0.15) is 0 Å². The molecule has 3 heterocycles. The Labute approximate surface area is 175 Å². The Bertz CT molecular complexity index is 821. The maximum Gasteiger partial charge on any atom is 0.151 e. The van der Waals surface area contributed by atoms with Gasteiger partial charge >= 0.3 is 0 Å². The number of aliphatic hydroxyl groups is 1. The lowest BCUT2D eigenvalue weighted by molar-refractivity contribution is 0.188. The van der Waals surface area contributed by atoms with Gasteiger partial charge in [-0.15, -0.1) is 10.2 Å². The number of rotatable bonds is 6. The molecule has 30 heavy (non-hydrogen) atoms. The second kappa shape index (κ2) is 9.63. The quantitative estimate of drug-likeness (QED) is 0.756. The fraction of sp³-hybridized carbons (Fsp3) is 0.524. The number of halogens is 2. The predicted molar refractivity (Wildman–Crippen MR) is 112 cm³/mol. The van der Waals surface area contributed by atoms with Crippen LogP contribution in [0.15, 0.2) is 30.3 Å². The van der Waals surface area contributed by atoms with Gasteiger partial charge in [0.05, 0.1) is 6.61 Å². The molecule has 1 N–H and O–H groups in total. The van der Waals surface area contributed by atoms with Crippen LogP contribution in [0.5, 0.6) is 0 Å². The highest BCUT2D eigenvalue weighted by Gasteiger charge is 2.21.